The maximum Gasteiger partial charge on any atom is 0.265 e. The van der Waals surface area contributed by atoms with E-state index in [0.29, 0.717) is 6.61 Å². The fraction of sp³-hybridized carbons (Fsp3) is 0.214. The zero-order valence-electron chi connectivity index (χ0n) is 10.2. The molecule has 94 valence electrons. The molecule has 4 heteroatoms. The topological polar surface area (TPSA) is 38.3 Å². The van der Waals surface area contributed by atoms with Crippen molar-refractivity contribution in [2.45, 2.75) is 6.42 Å². The van der Waals surface area contributed by atoms with Gasteiger partial charge < -0.3 is 10.1 Å². The molecule has 1 heterocycles. The summed E-state index contributed by atoms with van der Waals surface area (Å²) < 4.78 is 5.07. The molecule has 0 saturated heterocycles. The van der Waals surface area contributed by atoms with Crippen molar-refractivity contribution in [2.24, 2.45) is 0 Å². The average Bonchev–Trinajstić information content (AvgIpc) is 2.91. The molecule has 1 aromatic carbocycles. The number of thiophene rings is 1. The molecule has 0 radical (unpaired) electrons. The summed E-state index contributed by atoms with van der Waals surface area (Å²) in [5.74, 6) is -0.0603. The van der Waals surface area contributed by atoms with Gasteiger partial charge in [-0.25, -0.2) is 0 Å². The summed E-state index contributed by atoms with van der Waals surface area (Å²) >= 11 is 1.44. The number of benzene rings is 1. The van der Waals surface area contributed by atoms with Crippen LogP contribution in [-0.2, 0) is 11.2 Å². The van der Waals surface area contributed by atoms with Crippen molar-refractivity contribution < 1.29 is 9.53 Å². The lowest BCUT2D eigenvalue weighted by Gasteiger charge is -2.09. The fourth-order valence-electron chi connectivity index (χ4n) is 1.66. The van der Waals surface area contributed by atoms with Crippen LogP contribution in [0.2, 0.25) is 0 Å². The molecule has 0 unspecified atom stereocenters. The number of hydrogen-bond acceptors (Lipinski definition) is 3. The normalized spacial score (nSPS) is 10.3. The van der Waals surface area contributed by atoms with E-state index in [2.05, 4.69) is 5.32 Å². The molecule has 0 spiro atoms. The molecular weight excluding hydrogens is 246 g/mol. The van der Waals surface area contributed by atoms with Gasteiger partial charge in [-0.1, -0.05) is 24.3 Å². The lowest BCUT2D eigenvalue weighted by molar-refractivity contribution is 0.103. The van der Waals surface area contributed by atoms with Crippen LogP contribution in [0.1, 0.15) is 15.2 Å². The second-order valence-electron chi connectivity index (χ2n) is 3.83. The Bertz CT molecular complexity index is 508. The summed E-state index contributed by atoms with van der Waals surface area (Å²) in [4.78, 5) is 12.7. The van der Waals surface area contributed by atoms with Crippen molar-refractivity contribution in [3.63, 3.8) is 0 Å². The van der Waals surface area contributed by atoms with Crippen LogP contribution in [0.25, 0.3) is 0 Å². The summed E-state index contributed by atoms with van der Waals surface area (Å²) in [5, 5.41) is 4.83. The van der Waals surface area contributed by atoms with E-state index in [9.17, 15) is 4.79 Å². The first kappa shape index (κ1) is 12.8. The van der Waals surface area contributed by atoms with Gasteiger partial charge >= 0.3 is 0 Å². The Morgan fingerprint density at radius 3 is 2.83 bits per heavy atom. The van der Waals surface area contributed by atoms with E-state index in [4.69, 9.17) is 4.74 Å². The van der Waals surface area contributed by atoms with E-state index in [-0.39, 0.29) is 5.91 Å². The molecule has 0 aliphatic carbocycles. The van der Waals surface area contributed by atoms with E-state index in [1.54, 1.807) is 7.11 Å². The van der Waals surface area contributed by atoms with Crippen molar-refractivity contribution >= 4 is 22.9 Å². The first-order valence-electron chi connectivity index (χ1n) is 5.73. The molecule has 0 atom stereocenters. The highest BCUT2D eigenvalue weighted by atomic mass is 32.1. The third-order valence-corrected chi connectivity index (χ3v) is 3.45. The number of rotatable bonds is 5. The molecule has 1 amide bonds. The zero-order valence-corrected chi connectivity index (χ0v) is 11.0. The highest BCUT2D eigenvalue weighted by molar-refractivity contribution is 7.12. The number of hydrogen-bond donors (Lipinski definition) is 1. The maximum atomic E-state index is 12.0. The van der Waals surface area contributed by atoms with Gasteiger partial charge in [0.2, 0.25) is 0 Å². The molecule has 0 aliphatic rings. The van der Waals surface area contributed by atoms with E-state index in [1.807, 2.05) is 41.8 Å². The van der Waals surface area contributed by atoms with Gasteiger partial charge in [0.1, 0.15) is 0 Å². The molecule has 0 bridgehead atoms. The second-order valence-corrected chi connectivity index (χ2v) is 4.78. The molecule has 1 N–H and O–H groups in total. The lowest BCUT2D eigenvalue weighted by Crippen LogP contribution is -2.12. The molecule has 2 rings (SSSR count). The van der Waals surface area contributed by atoms with Crippen molar-refractivity contribution in [1.82, 2.24) is 0 Å². The number of ether oxygens (including phenoxy) is 1. The lowest BCUT2D eigenvalue weighted by atomic mass is 10.1. The summed E-state index contributed by atoms with van der Waals surface area (Å²) in [6.07, 6.45) is 0.789. The molecule has 0 fully saturated rings. The van der Waals surface area contributed by atoms with Crippen LogP contribution in [0.4, 0.5) is 5.69 Å². The fourth-order valence-corrected chi connectivity index (χ4v) is 2.28. The Balaban J connectivity index is 2.11. The quantitative estimate of drug-likeness (QED) is 0.897. The Kier molecular flexibility index (Phi) is 4.50. The van der Waals surface area contributed by atoms with Crippen molar-refractivity contribution in [3.05, 3.63) is 52.2 Å². The van der Waals surface area contributed by atoms with Gasteiger partial charge in [0.05, 0.1) is 11.5 Å². The number of anilines is 1. The van der Waals surface area contributed by atoms with Gasteiger partial charge in [0, 0.05) is 12.8 Å². The van der Waals surface area contributed by atoms with Crippen molar-refractivity contribution in [3.8, 4) is 0 Å². The minimum atomic E-state index is -0.0603. The molecule has 0 aliphatic heterocycles. The predicted molar refractivity (Wildman–Crippen MR) is 74.3 cm³/mol. The zero-order chi connectivity index (χ0) is 12.8. The minimum absolute atomic E-state index is 0.0603. The van der Waals surface area contributed by atoms with Crippen molar-refractivity contribution in [1.29, 1.82) is 0 Å². The first-order valence-corrected chi connectivity index (χ1v) is 6.61. The molecule has 0 saturated carbocycles. The van der Waals surface area contributed by atoms with Gasteiger partial charge in [-0.05, 0) is 29.5 Å². The van der Waals surface area contributed by atoms with Crippen molar-refractivity contribution in [2.75, 3.05) is 19.0 Å². The molecule has 18 heavy (non-hydrogen) atoms. The minimum Gasteiger partial charge on any atom is -0.384 e. The highest BCUT2D eigenvalue weighted by Crippen LogP contribution is 2.18. The maximum absolute atomic E-state index is 12.0. The monoisotopic (exact) mass is 261 g/mol. The van der Waals surface area contributed by atoms with Gasteiger partial charge in [0.25, 0.3) is 5.91 Å². The van der Waals surface area contributed by atoms with E-state index in [0.717, 1.165) is 22.5 Å². The molecule has 2 aromatic rings. The Morgan fingerprint density at radius 1 is 1.28 bits per heavy atom. The SMILES string of the molecule is COCCc1ccccc1NC(=O)c1cccs1. The number of methoxy groups -OCH3 is 1. The van der Waals surface area contributed by atoms with Gasteiger partial charge in [-0.2, -0.15) is 0 Å². The van der Waals surface area contributed by atoms with Crippen LogP contribution in [0.5, 0.6) is 0 Å². The number of para-hydroxylation sites is 1. The highest BCUT2D eigenvalue weighted by Gasteiger charge is 2.09. The number of carbonyl (C=O) groups is 1. The third-order valence-electron chi connectivity index (χ3n) is 2.59. The van der Waals surface area contributed by atoms with Crippen LogP contribution in [0.15, 0.2) is 41.8 Å². The standard InChI is InChI=1S/C14H15NO2S/c1-17-9-8-11-5-2-3-6-12(11)15-14(16)13-7-4-10-18-13/h2-7,10H,8-9H2,1H3,(H,15,16). The summed E-state index contributed by atoms with van der Waals surface area (Å²) in [6, 6.07) is 11.5. The van der Waals surface area contributed by atoms with Gasteiger partial charge in [-0.15, -0.1) is 11.3 Å². The number of carbonyl (C=O) groups excluding carboxylic acids is 1. The average molecular weight is 261 g/mol. The Hall–Kier alpha value is -1.65. The van der Waals surface area contributed by atoms with Crippen LogP contribution >= 0.6 is 11.3 Å². The summed E-state index contributed by atoms with van der Waals surface area (Å²) in [6.45, 7) is 0.645. The predicted octanol–water partition coefficient (Wildman–Crippen LogP) is 3.19. The van der Waals surface area contributed by atoms with E-state index >= 15 is 0 Å². The Morgan fingerprint density at radius 2 is 2.11 bits per heavy atom. The summed E-state index contributed by atoms with van der Waals surface area (Å²) in [7, 11) is 1.67. The van der Waals surface area contributed by atoms with E-state index in [1.165, 1.54) is 11.3 Å². The molecule has 3 nitrogen and oxygen atoms in total. The molecule has 1 aromatic heterocycles. The third kappa shape index (κ3) is 3.18. The first-order chi connectivity index (χ1) is 8.81. The largest absolute Gasteiger partial charge is 0.384 e. The summed E-state index contributed by atoms with van der Waals surface area (Å²) in [5.41, 5.74) is 1.94. The van der Waals surface area contributed by atoms with Crippen LogP contribution in [-0.4, -0.2) is 19.6 Å². The Labute approximate surface area is 110 Å². The van der Waals surface area contributed by atoms with Crippen LogP contribution in [0, 0.1) is 0 Å². The number of nitrogens with one attached hydrogen (secondary N) is 1. The second kappa shape index (κ2) is 6.33. The van der Waals surface area contributed by atoms with Gasteiger partial charge in [0.15, 0.2) is 0 Å². The number of amides is 1. The molecular formula is C14H15NO2S. The van der Waals surface area contributed by atoms with Crippen LogP contribution in [0.3, 0.4) is 0 Å². The van der Waals surface area contributed by atoms with E-state index < -0.39 is 0 Å². The van der Waals surface area contributed by atoms with Gasteiger partial charge in [-0.3, -0.25) is 4.79 Å². The smallest absolute Gasteiger partial charge is 0.265 e. The van der Waals surface area contributed by atoms with Crippen LogP contribution < -0.4 is 5.32 Å².